The van der Waals surface area contributed by atoms with Crippen molar-refractivity contribution in [2.75, 3.05) is 22.4 Å². The number of nitrogens with zero attached hydrogens (tertiary/aromatic N) is 1. The highest BCUT2D eigenvalue weighted by molar-refractivity contribution is 7.92. The van der Waals surface area contributed by atoms with Crippen LogP contribution in [-0.2, 0) is 14.8 Å². The fourth-order valence-electron chi connectivity index (χ4n) is 3.08. The molecule has 0 radical (unpaired) electrons. The van der Waals surface area contributed by atoms with Crippen molar-refractivity contribution in [2.24, 2.45) is 0 Å². The summed E-state index contributed by atoms with van der Waals surface area (Å²) in [6.07, 6.45) is 1.11. The van der Waals surface area contributed by atoms with Gasteiger partial charge >= 0.3 is 0 Å². The quantitative estimate of drug-likeness (QED) is 0.729. The van der Waals surface area contributed by atoms with Crippen LogP contribution in [0, 0.1) is 13.8 Å². The highest BCUT2D eigenvalue weighted by Crippen LogP contribution is 2.28. The largest absolute Gasteiger partial charge is 0.324 e. The van der Waals surface area contributed by atoms with Gasteiger partial charge in [-0.1, -0.05) is 54.1 Å². The Morgan fingerprint density at radius 2 is 1.70 bits per heavy atom. The third-order valence-corrected chi connectivity index (χ3v) is 5.51. The lowest BCUT2D eigenvalue weighted by molar-refractivity contribution is -0.114. The predicted octanol–water partition coefficient (Wildman–Crippen LogP) is 3.86. The van der Waals surface area contributed by atoms with Gasteiger partial charge in [-0.3, -0.25) is 9.10 Å². The SMILES string of the molecule is Cc1ccc(NC(=O)CN(c2cccc3ccccc23)S(C)(=O)=O)c(C)c1. The smallest absolute Gasteiger partial charge is 0.245 e. The summed E-state index contributed by atoms with van der Waals surface area (Å²) in [5.74, 6) is -0.389. The van der Waals surface area contributed by atoms with Crippen molar-refractivity contribution in [3.05, 3.63) is 71.8 Å². The molecule has 3 rings (SSSR count). The summed E-state index contributed by atoms with van der Waals surface area (Å²) < 4.78 is 26.0. The minimum Gasteiger partial charge on any atom is -0.324 e. The van der Waals surface area contributed by atoms with Crippen molar-refractivity contribution < 1.29 is 13.2 Å². The Morgan fingerprint density at radius 3 is 2.41 bits per heavy atom. The standard InChI is InChI=1S/C21H22N2O3S/c1-15-11-12-19(16(2)13-15)22-21(24)14-23(27(3,25)26)20-10-6-8-17-7-4-5-9-18(17)20/h4-13H,14H2,1-3H3,(H,22,24). The van der Waals surface area contributed by atoms with E-state index < -0.39 is 10.0 Å². The molecule has 1 N–H and O–H groups in total. The van der Waals surface area contributed by atoms with Gasteiger partial charge in [0, 0.05) is 11.1 Å². The lowest BCUT2D eigenvalue weighted by atomic mass is 10.1. The van der Waals surface area contributed by atoms with E-state index in [2.05, 4.69) is 5.32 Å². The molecular weight excluding hydrogens is 360 g/mol. The number of sulfonamides is 1. The zero-order chi connectivity index (χ0) is 19.6. The molecule has 1 amide bonds. The third kappa shape index (κ3) is 4.28. The predicted molar refractivity (Wildman–Crippen MR) is 111 cm³/mol. The van der Waals surface area contributed by atoms with Gasteiger partial charge < -0.3 is 5.32 Å². The molecule has 0 atom stereocenters. The van der Waals surface area contributed by atoms with Crippen molar-refractivity contribution >= 4 is 38.1 Å². The summed E-state index contributed by atoms with van der Waals surface area (Å²) in [5.41, 5.74) is 3.20. The van der Waals surface area contributed by atoms with Crippen LogP contribution in [0.25, 0.3) is 10.8 Å². The maximum Gasteiger partial charge on any atom is 0.245 e. The van der Waals surface area contributed by atoms with Gasteiger partial charge in [0.05, 0.1) is 11.9 Å². The van der Waals surface area contributed by atoms with Crippen LogP contribution in [0.5, 0.6) is 0 Å². The number of hydrogen-bond donors (Lipinski definition) is 1. The van der Waals surface area contributed by atoms with E-state index in [-0.39, 0.29) is 12.5 Å². The molecule has 0 aliphatic carbocycles. The van der Waals surface area contributed by atoms with Gasteiger partial charge in [-0.15, -0.1) is 0 Å². The first-order valence-corrected chi connectivity index (χ1v) is 10.4. The Hall–Kier alpha value is -2.86. The summed E-state index contributed by atoms with van der Waals surface area (Å²) in [6, 6.07) is 18.6. The van der Waals surface area contributed by atoms with E-state index in [1.807, 2.05) is 62.4 Å². The van der Waals surface area contributed by atoms with Gasteiger partial charge in [0.1, 0.15) is 6.54 Å². The number of aryl methyl sites for hydroxylation is 2. The summed E-state index contributed by atoms with van der Waals surface area (Å²) in [5, 5.41) is 4.51. The number of hydrogen-bond acceptors (Lipinski definition) is 3. The molecule has 0 bridgehead atoms. The van der Waals surface area contributed by atoms with Crippen LogP contribution < -0.4 is 9.62 Å². The van der Waals surface area contributed by atoms with Crippen LogP contribution in [-0.4, -0.2) is 27.1 Å². The Bertz CT molecular complexity index is 1100. The Morgan fingerprint density at radius 1 is 1.00 bits per heavy atom. The Balaban J connectivity index is 1.93. The molecule has 27 heavy (non-hydrogen) atoms. The van der Waals surface area contributed by atoms with E-state index in [0.29, 0.717) is 11.4 Å². The molecule has 0 saturated heterocycles. The molecule has 0 aliphatic heterocycles. The normalized spacial score (nSPS) is 11.4. The van der Waals surface area contributed by atoms with Crippen LogP contribution >= 0.6 is 0 Å². The fourth-order valence-corrected chi connectivity index (χ4v) is 3.95. The number of carbonyl (C=O) groups excluding carboxylic acids is 1. The molecule has 3 aromatic rings. The minimum atomic E-state index is -3.64. The van der Waals surface area contributed by atoms with E-state index in [0.717, 1.165) is 32.5 Å². The van der Waals surface area contributed by atoms with E-state index in [1.165, 1.54) is 0 Å². The highest BCUT2D eigenvalue weighted by atomic mass is 32.2. The molecule has 0 aliphatic rings. The van der Waals surface area contributed by atoms with E-state index in [9.17, 15) is 13.2 Å². The number of benzene rings is 3. The fraction of sp³-hybridized carbons (Fsp3) is 0.190. The molecule has 5 nitrogen and oxygen atoms in total. The van der Waals surface area contributed by atoms with Crippen molar-refractivity contribution in [2.45, 2.75) is 13.8 Å². The second-order valence-corrected chi connectivity index (χ2v) is 8.54. The van der Waals surface area contributed by atoms with Crippen LogP contribution in [0.3, 0.4) is 0 Å². The molecule has 0 aromatic heterocycles. The van der Waals surface area contributed by atoms with Crippen LogP contribution in [0.2, 0.25) is 0 Å². The number of fused-ring (bicyclic) bond motifs is 1. The van der Waals surface area contributed by atoms with Gasteiger partial charge in [-0.05, 0) is 36.9 Å². The van der Waals surface area contributed by atoms with Gasteiger partial charge in [-0.2, -0.15) is 0 Å². The van der Waals surface area contributed by atoms with E-state index >= 15 is 0 Å². The highest BCUT2D eigenvalue weighted by Gasteiger charge is 2.22. The number of nitrogens with one attached hydrogen (secondary N) is 1. The Labute approximate surface area is 159 Å². The topological polar surface area (TPSA) is 66.5 Å². The average Bonchev–Trinajstić information content (AvgIpc) is 2.61. The van der Waals surface area contributed by atoms with Gasteiger partial charge in [0.2, 0.25) is 15.9 Å². The maximum absolute atomic E-state index is 12.6. The van der Waals surface area contributed by atoms with Crippen molar-refractivity contribution in [1.29, 1.82) is 0 Å². The summed E-state index contributed by atoms with van der Waals surface area (Å²) in [7, 11) is -3.64. The molecular formula is C21H22N2O3S. The molecule has 3 aromatic carbocycles. The summed E-state index contributed by atoms with van der Waals surface area (Å²) >= 11 is 0. The minimum absolute atomic E-state index is 0.292. The van der Waals surface area contributed by atoms with Crippen molar-refractivity contribution in [3.8, 4) is 0 Å². The first-order chi connectivity index (χ1) is 12.8. The summed E-state index contributed by atoms with van der Waals surface area (Å²) in [6.45, 7) is 3.59. The molecule has 0 saturated carbocycles. The van der Waals surface area contributed by atoms with E-state index in [4.69, 9.17) is 0 Å². The molecule has 0 fully saturated rings. The monoisotopic (exact) mass is 382 g/mol. The lowest BCUT2D eigenvalue weighted by Gasteiger charge is -2.23. The summed E-state index contributed by atoms with van der Waals surface area (Å²) in [4.78, 5) is 12.6. The third-order valence-electron chi connectivity index (χ3n) is 4.38. The molecule has 140 valence electrons. The van der Waals surface area contributed by atoms with Crippen LogP contribution in [0.4, 0.5) is 11.4 Å². The molecule has 0 spiro atoms. The number of rotatable bonds is 5. The Kier molecular flexibility index (Phi) is 5.19. The van der Waals surface area contributed by atoms with E-state index in [1.54, 1.807) is 12.1 Å². The second kappa shape index (κ2) is 7.40. The molecule has 6 heteroatoms. The van der Waals surface area contributed by atoms with Gasteiger partial charge in [0.15, 0.2) is 0 Å². The number of anilines is 2. The molecule has 0 heterocycles. The maximum atomic E-state index is 12.6. The first-order valence-electron chi connectivity index (χ1n) is 8.58. The van der Waals surface area contributed by atoms with Crippen molar-refractivity contribution in [3.63, 3.8) is 0 Å². The number of amides is 1. The lowest BCUT2D eigenvalue weighted by Crippen LogP contribution is -2.37. The van der Waals surface area contributed by atoms with Crippen LogP contribution in [0.15, 0.2) is 60.7 Å². The molecule has 0 unspecified atom stereocenters. The zero-order valence-electron chi connectivity index (χ0n) is 15.6. The van der Waals surface area contributed by atoms with Crippen LogP contribution in [0.1, 0.15) is 11.1 Å². The number of carbonyl (C=O) groups is 1. The first kappa shape index (κ1) is 18.9. The van der Waals surface area contributed by atoms with Gasteiger partial charge in [-0.25, -0.2) is 8.42 Å². The van der Waals surface area contributed by atoms with Gasteiger partial charge in [0.25, 0.3) is 0 Å². The second-order valence-electron chi connectivity index (χ2n) is 6.63. The average molecular weight is 382 g/mol. The van der Waals surface area contributed by atoms with Crippen molar-refractivity contribution in [1.82, 2.24) is 0 Å². The zero-order valence-corrected chi connectivity index (χ0v) is 16.4.